The molecule has 1 aromatic rings. The third-order valence-electron chi connectivity index (χ3n) is 4.19. The third-order valence-corrected chi connectivity index (χ3v) is 4.19. The average Bonchev–Trinajstić information content (AvgIpc) is 2.36. The Morgan fingerprint density at radius 2 is 1.70 bits per heavy atom. The van der Waals surface area contributed by atoms with Crippen molar-refractivity contribution in [3.05, 3.63) is 35.4 Å². The largest absolute Gasteiger partial charge is 0.388 e. The molecule has 1 atom stereocenters. The Morgan fingerprint density at radius 3 is 2.15 bits per heavy atom. The average molecular weight is 277 g/mol. The van der Waals surface area contributed by atoms with Crippen LogP contribution in [0.25, 0.3) is 0 Å². The Morgan fingerprint density at radius 1 is 1.20 bits per heavy atom. The summed E-state index contributed by atoms with van der Waals surface area (Å²) in [6.45, 7) is 11.7. The molecular weight excluding hydrogens is 250 g/mol. The van der Waals surface area contributed by atoms with Crippen molar-refractivity contribution in [1.29, 1.82) is 0 Å². The van der Waals surface area contributed by atoms with Crippen LogP contribution < -0.4 is 5.32 Å². The molecule has 1 rings (SSSR count). The molecule has 0 saturated heterocycles. The normalized spacial score (nSPS) is 15.0. The summed E-state index contributed by atoms with van der Waals surface area (Å²) in [6.07, 6.45) is 0. The molecule has 0 radical (unpaired) electrons. The third kappa shape index (κ3) is 3.83. The Balaban J connectivity index is 2.78. The lowest BCUT2D eigenvalue weighted by atomic mass is 9.83. The minimum atomic E-state index is -0.890. The predicted octanol–water partition coefficient (Wildman–Crippen LogP) is 2.80. The summed E-state index contributed by atoms with van der Waals surface area (Å²) in [5.74, 6) is 0.0209. The summed E-state index contributed by atoms with van der Waals surface area (Å²) in [4.78, 5) is 12.4. The lowest BCUT2D eigenvalue weighted by Gasteiger charge is -2.31. The van der Waals surface area contributed by atoms with Crippen LogP contribution in [0.15, 0.2) is 24.3 Å². The molecule has 1 amide bonds. The fourth-order valence-electron chi connectivity index (χ4n) is 1.79. The van der Waals surface area contributed by atoms with Crippen molar-refractivity contribution in [2.45, 2.75) is 52.6 Å². The van der Waals surface area contributed by atoms with Crippen LogP contribution in [0.1, 0.15) is 45.7 Å². The summed E-state index contributed by atoms with van der Waals surface area (Å²) < 4.78 is 0. The number of benzene rings is 1. The highest BCUT2D eigenvalue weighted by Gasteiger charge is 2.32. The van der Waals surface area contributed by atoms with E-state index in [2.05, 4.69) is 5.32 Å². The van der Waals surface area contributed by atoms with Crippen molar-refractivity contribution >= 4 is 5.91 Å². The van der Waals surface area contributed by atoms with Gasteiger partial charge in [-0.15, -0.1) is 0 Å². The van der Waals surface area contributed by atoms with Crippen LogP contribution in [0, 0.1) is 12.8 Å². The molecule has 0 aliphatic heterocycles. The van der Waals surface area contributed by atoms with Crippen LogP contribution in [-0.2, 0) is 10.2 Å². The van der Waals surface area contributed by atoms with E-state index >= 15 is 0 Å². The monoisotopic (exact) mass is 277 g/mol. The van der Waals surface area contributed by atoms with Crippen LogP contribution in [0.4, 0.5) is 0 Å². The maximum absolute atomic E-state index is 12.4. The second kappa shape index (κ2) is 5.96. The van der Waals surface area contributed by atoms with Gasteiger partial charge in [-0.2, -0.15) is 0 Å². The first-order chi connectivity index (χ1) is 9.07. The second-order valence-electron chi connectivity index (χ2n) is 6.69. The first-order valence-electron chi connectivity index (χ1n) is 7.15. The fraction of sp³-hybridized carbons (Fsp3) is 0.588. The van der Waals surface area contributed by atoms with E-state index in [0.29, 0.717) is 0 Å². The highest BCUT2D eigenvalue weighted by molar-refractivity contribution is 5.87. The molecule has 1 unspecified atom stereocenters. The maximum Gasteiger partial charge on any atom is 0.230 e. The molecule has 0 aliphatic carbocycles. The highest BCUT2D eigenvalue weighted by Crippen LogP contribution is 2.24. The minimum Gasteiger partial charge on any atom is -0.388 e. The summed E-state index contributed by atoms with van der Waals surface area (Å²) in [5, 5.41) is 13.1. The Kier molecular flexibility index (Phi) is 4.98. The van der Waals surface area contributed by atoms with Crippen molar-refractivity contribution < 1.29 is 9.90 Å². The predicted molar refractivity (Wildman–Crippen MR) is 82.7 cm³/mol. The van der Waals surface area contributed by atoms with Gasteiger partial charge in [0.15, 0.2) is 0 Å². The molecule has 0 aromatic heterocycles. The van der Waals surface area contributed by atoms with Crippen LogP contribution in [0.3, 0.4) is 0 Å². The van der Waals surface area contributed by atoms with Gasteiger partial charge in [0.1, 0.15) is 0 Å². The van der Waals surface area contributed by atoms with Gasteiger partial charge in [0.25, 0.3) is 0 Å². The zero-order valence-corrected chi connectivity index (χ0v) is 13.4. The Labute approximate surface area is 122 Å². The van der Waals surface area contributed by atoms with E-state index < -0.39 is 11.0 Å². The van der Waals surface area contributed by atoms with Gasteiger partial charge in [-0.3, -0.25) is 4.79 Å². The molecule has 0 spiro atoms. The molecular formula is C17H27NO2. The van der Waals surface area contributed by atoms with E-state index in [1.165, 1.54) is 5.56 Å². The number of hydrogen-bond acceptors (Lipinski definition) is 2. The summed E-state index contributed by atoms with van der Waals surface area (Å²) in [7, 11) is 0. The lowest BCUT2D eigenvalue weighted by Crippen LogP contribution is -2.49. The minimum absolute atomic E-state index is 0.0673. The number of aliphatic hydroxyl groups is 1. The summed E-state index contributed by atoms with van der Waals surface area (Å²) >= 11 is 0. The van der Waals surface area contributed by atoms with Crippen molar-refractivity contribution in [2.24, 2.45) is 5.92 Å². The zero-order chi connectivity index (χ0) is 15.6. The zero-order valence-electron chi connectivity index (χ0n) is 13.4. The number of hydrogen-bond donors (Lipinski definition) is 2. The Bertz CT molecular complexity index is 458. The fourth-order valence-corrected chi connectivity index (χ4v) is 1.79. The molecule has 0 bridgehead atoms. The summed E-state index contributed by atoms with van der Waals surface area (Å²) in [5.41, 5.74) is 0.650. The van der Waals surface area contributed by atoms with Crippen molar-refractivity contribution in [2.75, 3.05) is 6.54 Å². The van der Waals surface area contributed by atoms with Crippen LogP contribution >= 0.6 is 0 Å². The number of carbonyl (C=O) groups is 1. The molecule has 1 aromatic carbocycles. The molecule has 0 saturated carbocycles. The number of aryl methyl sites for hydroxylation is 1. The highest BCUT2D eigenvalue weighted by atomic mass is 16.3. The molecule has 3 nitrogen and oxygen atoms in total. The van der Waals surface area contributed by atoms with E-state index in [9.17, 15) is 9.90 Å². The SMILES string of the molecule is Cc1ccc(C(C)(C)C(=O)NCC(C)(O)C(C)C)cc1. The van der Waals surface area contributed by atoms with Crippen molar-refractivity contribution in [3.8, 4) is 0 Å². The quantitative estimate of drug-likeness (QED) is 0.869. The van der Waals surface area contributed by atoms with Crippen molar-refractivity contribution in [1.82, 2.24) is 5.32 Å². The smallest absolute Gasteiger partial charge is 0.230 e. The second-order valence-corrected chi connectivity index (χ2v) is 6.69. The first kappa shape index (κ1) is 16.7. The molecule has 112 valence electrons. The van der Waals surface area contributed by atoms with Crippen molar-refractivity contribution in [3.63, 3.8) is 0 Å². The number of carbonyl (C=O) groups excluding carboxylic acids is 1. The first-order valence-corrected chi connectivity index (χ1v) is 7.15. The van der Waals surface area contributed by atoms with E-state index in [1.54, 1.807) is 6.92 Å². The molecule has 0 fully saturated rings. The molecule has 2 N–H and O–H groups in total. The molecule has 0 aliphatic rings. The van der Waals surface area contributed by atoms with Crippen LogP contribution in [0.5, 0.6) is 0 Å². The standard InChI is InChI=1S/C17H27NO2/c1-12(2)17(6,20)11-18-15(19)16(4,5)14-9-7-13(3)8-10-14/h7-10,12,20H,11H2,1-6H3,(H,18,19). The Hall–Kier alpha value is -1.35. The molecule has 3 heteroatoms. The topological polar surface area (TPSA) is 49.3 Å². The van der Waals surface area contributed by atoms with Gasteiger partial charge in [-0.05, 0) is 39.2 Å². The molecule has 0 heterocycles. The van der Waals surface area contributed by atoms with Gasteiger partial charge in [0, 0.05) is 6.54 Å². The lowest BCUT2D eigenvalue weighted by molar-refractivity contribution is -0.127. The van der Waals surface area contributed by atoms with Crippen LogP contribution in [0.2, 0.25) is 0 Å². The van der Waals surface area contributed by atoms with Gasteiger partial charge < -0.3 is 10.4 Å². The van der Waals surface area contributed by atoms with E-state index in [1.807, 2.05) is 58.9 Å². The van der Waals surface area contributed by atoms with E-state index in [-0.39, 0.29) is 18.4 Å². The van der Waals surface area contributed by atoms with Gasteiger partial charge in [-0.1, -0.05) is 43.7 Å². The molecule has 20 heavy (non-hydrogen) atoms. The summed E-state index contributed by atoms with van der Waals surface area (Å²) in [6, 6.07) is 7.98. The van der Waals surface area contributed by atoms with E-state index in [0.717, 1.165) is 5.56 Å². The number of nitrogens with one attached hydrogen (secondary N) is 1. The van der Waals surface area contributed by atoms with Gasteiger partial charge in [0.05, 0.1) is 11.0 Å². The van der Waals surface area contributed by atoms with E-state index in [4.69, 9.17) is 0 Å². The van der Waals surface area contributed by atoms with Crippen LogP contribution in [-0.4, -0.2) is 23.2 Å². The maximum atomic E-state index is 12.4. The van der Waals surface area contributed by atoms with Gasteiger partial charge >= 0.3 is 0 Å². The number of rotatable bonds is 5. The van der Waals surface area contributed by atoms with Gasteiger partial charge in [-0.25, -0.2) is 0 Å². The number of amides is 1. The van der Waals surface area contributed by atoms with Gasteiger partial charge in [0.2, 0.25) is 5.91 Å².